The van der Waals surface area contributed by atoms with Gasteiger partial charge in [-0.25, -0.2) is 22.0 Å². The van der Waals surface area contributed by atoms with Crippen LogP contribution in [0.15, 0.2) is 42.5 Å². The summed E-state index contributed by atoms with van der Waals surface area (Å²) in [5.41, 5.74) is 5.58. The van der Waals surface area contributed by atoms with Crippen molar-refractivity contribution in [3.63, 3.8) is 0 Å². The summed E-state index contributed by atoms with van der Waals surface area (Å²) < 4.78 is 58.4. The minimum atomic E-state index is -4.02. The minimum Gasteiger partial charge on any atom is -0.463 e. The molecule has 0 unspecified atom stereocenters. The summed E-state index contributed by atoms with van der Waals surface area (Å²) in [6.45, 7) is 3.64. The normalized spacial score (nSPS) is 14.3. The Morgan fingerprint density at radius 3 is 2.42 bits per heavy atom. The third-order valence-corrected chi connectivity index (χ3v) is 8.52. The molecule has 0 aromatic heterocycles. The molecule has 0 spiro atoms. The van der Waals surface area contributed by atoms with Gasteiger partial charge in [-0.05, 0) is 48.1 Å². The highest BCUT2D eigenvalue weighted by molar-refractivity contribution is 7.91. The molecular weight excluding hydrogens is 582 g/mol. The van der Waals surface area contributed by atoms with Gasteiger partial charge in [-0.3, -0.25) is 4.79 Å². The Kier molecular flexibility index (Phi) is 14.1. The van der Waals surface area contributed by atoms with Crippen molar-refractivity contribution in [3.05, 3.63) is 70.8 Å². The lowest BCUT2D eigenvalue weighted by molar-refractivity contribution is -0.153. The molecule has 10 nitrogen and oxygen atoms in total. The van der Waals surface area contributed by atoms with E-state index in [1.54, 1.807) is 13.0 Å². The average molecular weight is 623 g/mol. The monoisotopic (exact) mass is 622 g/mol. The fourth-order valence-corrected chi connectivity index (χ4v) is 6.16. The molecule has 0 aliphatic carbocycles. The zero-order valence-corrected chi connectivity index (χ0v) is 25.3. The number of amides is 1. The van der Waals surface area contributed by atoms with Crippen molar-refractivity contribution in [2.24, 2.45) is 5.73 Å². The van der Waals surface area contributed by atoms with E-state index in [9.17, 15) is 31.9 Å². The van der Waals surface area contributed by atoms with Crippen LogP contribution in [-0.2, 0) is 43.5 Å². The maximum Gasteiger partial charge on any atom is 0.337 e. The van der Waals surface area contributed by atoms with E-state index in [1.807, 2.05) is 31.2 Å². The SMILES string of the molecule is CCCCS(=O)(=O)C[C@@](N)(C(=O)N[C@@H](Cc1cc(F)cc(F)c1)[C@H](O)CNCc1cccc(CC)c1)C(=O)OCCC#N. The number of nitrogens with zero attached hydrogens (tertiary/aromatic N) is 1. The van der Waals surface area contributed by atoms with Crippen molar-refractivity contribution < 1.29 is 36.6 Å². The molecule has 0 aliphatic heterocycles. The van der Waals surface area contributed by atoms with Crippen molar-refractivity contribution in [1.82, 2.24) is 10.6 Å². The second kappa shape index (κ2) is 17.0. The maximum absolute atomic E-state index is 14.0. The predicted octanol–water partition coefficient (Wildman–Crippen LogP) is 2.07. The summed E-state index contributed by atoms with van der Waals surface area (Å²) in [5, 5.41) is 25.4. The number of aryl methyl sites for hydroxylation is 1. The van der Waals surface area contributed by atoms with Crippen molar-refractivity contribution in [2.75, 3.05) is 24.7 Å². The number of carbonyl (C=O) groups is 2. The Morgan fingerprint density at radius 2 is 1.79 bits per heavy atom. The number of nitriles is 1. The summed E-state index contributed by atoms with van der Waals surface area (Å²) in [5.74, 6) is -5.79. The van der Waals surface area contributed by atoms with Gasteiger partial charge in [0.15, 0.2) is 9.84 Å². The van der Waals surface area contributed by atoms with Crippen molar-refractivity contribution in [3.8, 4) is 6.07 Å². The number of hydrogen-bond acceptors (Lipinski definition) is 9. The van der Waals surface area contributed by atoms with E-state index in [4.69, 9.17) is 15.7 Å². The van der Waals surface area contributed by atoms with Crippen LogP contribution in [0.1, 0.15) is 49.8 Å². The molecule has 2 rings (SSSR count). The van der Waals surface area contributed by atoms with Gasteiger partial charge in [0.05, 0.1) is 36.1 Å². The average Bonchev–Trinajstić information content (AvgIpc) is 2.95. The van der Waals surface area contributed by atoms with Gasteiger partial charge >= 0.3 is 5.97 Å². The van der Waals surface area contributed by atoms with Crippen LogP contribution in [0.2, 0.25) is 0 Å². The van der Waals surface area contributed by atoms with E-state index in [-0.39, 0.29) is 37.1 Å². The quantitative estimate of drug-likeness (QED) is 0.110. The number of aliphatic hydroxyl groups is 1. The molecule has 2 aromatic carbocycles. The van der Waals surface area contributed by atoms with Gasteiger partial charge in [0.2, 0.25) is 5.54 Å². The Bertz CT molecular complexity index is 1360. The minimum absolute atomic E-state index is 0.0852. The molecule has 236 valence electrons. The third kappa shape index (κ3) is 11.6. The standard InChI is InChI=1S/C30H40F2N4O6S/c1-3-5-12-43(40,41)20-30(34,29(39)42-11-7-10-33)28(38)36-26(16-23-14-24(31)17-25(32)15-23)27(37)19-35-18-22-9-6-8-21(4-2)13-22/h6,8-9,13-15,17,26-27,35,37H,3-5,7,11-12,16,18-20,34H2,1-2H3,(H,36,38)/t26-,27+,30+/m0/s1. The maximum atomic E-state index is 14.0. The number of halogens is 2. The molecule has 43 heavy (non-hydrogen) atoms. The molecule has 13 heteroatoms. The smallest absolute Gasteiger partial charge is 0.337 e. The first-order chi connectivity index (χ1) is 20.3. The molecule has 0 saturated carbocycles. The number of sulfone groups is 1. The number of esters is 1. The number of rotatable bonds is 18. The number of benzene rings is 2. The lowest BCUT2D eigenvalue weighted by atomic mass is 9.97. The molecule has 0 radical (unpaired) electrons. The van der Waals surface area contributed by atoms with E-state index in [2.05, 4.69) is 10.6 Å². The van der Waals surface area contributed by atoms with Gasteiger partial charge in [-0.2, -0.15) is 5.26 Å². The van der Waals surface area contributed by atoms with Crippen LogP contribution in [0.25, 0.3) is 0 Å². The summed E-state index contributed by atoms with van der Waals surface area (Å²) in [6.07, 6.45) is -0.225. The zero-order chi connectivity index (χ0) is 32.0. The molecule has 1 amide bonds. The van der Waals surface area contributed by atoms with Crippen molar-refractivity contribution in [1.29, 1.82) is 5.26 Å². The molecule has 0 bridgehead atoms. The Morgan fingerprint density at radius 1 is 1.12 bits per heavy atom. The van der Waals surface area contributed by atoms with Gasteiger partial charge < -0.3 is 26.2 Å². The van der Waals surface area contributed by atoms with E-state index < -0.39 is 63.4 Å². The molecular formula is C30H40F2N4O6S. The van der Waals surface area contributed by atoms with Crippen molar-refractivity contribution in [2.45, 2.75) is 70.2 Å². The number of hydrogen-bond donors (Lipinski definition) is 4. The highest BCUT2D eigenvalue weighted by Crippen LogP contribution is 2.16. The largest absolute Gasteiger partial charge is 0.463 e. The van der Waals surface area contributed by atoms with Crippen LogP contribution in [0.4, 0.5) is 8.78 Å². The summed E-state index contributed by atoms with van der Waals surface area (Å²) in [7, 11) is -4.02. The lowest BCUT2D eigenvalue weighted by Gasteiger charge is -2.31. The number of ether oxygens (including phenoxy) is 1. The van der Waals surface area contributed by atoms with Crippen LogP contribution in [0, 0.1) is 23.0 Å². The fraction of sp³-hybridized carbons (Fsp3) is 0.500. The van der Waals surface area contributed by atoms with Crippen LogP contribution in [0.5, 0.6) is 0 Å². The van der Waals surface area contributed by atoms with E-state index in [1.165, 1.54) is 0 Å². The highest BCUT2D eigenvalue weighted by atomic mass is 32.2. The van der Waals surface area contributed by atoms with Crippen LogP contribution < -0.4 is 16.4 Å². The zero-order valence-electron chi connectivity index (χ0n) is 24.4. The molecule has 0 fully saturated rings. The van der Waals surface area contributed by atoms with Crippen molar-refractivity contribution >= 4 is 21.7 Å². The van der Waals surface area contributed by atoms with Crippen LogP contribution in [-0.4, -0.2) is 67.7 Å². The molecule has 2 aromatic rings. The molecule has 5 N–H and O–H groups in total. The topological polar surface area (TPSA) is 172 Å². The second-order valence-corrected chi connectivity index (χ2v) is 12.6. The summed E-state index contributed by atoms with van der Waals surface area (Å²) in [6, 6.07) is 11.0. The number of carbonyl (C=O) groups excluding carboxylic acids is 2. The van der Waals surface area contributed by atoms with Crippen LogP contribution >= 0.6 is 0 Å². The van der Waals surface area contributed by atoms with Crippen LogP contribution in [0.3, 0.4) is 0 Å². The van der Waals surface area contributed by atoms with Gasteiger partial charge in [0, 0.05) is 19.2 Å². The molecule has 3 atom stereocenters. The van der Waals surface area contributed by atoms with Gasteiger partial charge in [0.1, 0.15) is 18.2 Å². The number of nitrogens with two attached hydrogens (primary N) is 1. The molecule has 0 aliphatic rings. The number of nitrogens with one attached hydrogen (secondary N) is 2. The van der Waals surface area contributed by atoms with Gasteiger partial charge in [-0.15, -0.1) is 0 Å². The lowest BCUT2D eigenvalue weighted by Crippen LogP contribution is -2.66. The van der Waals surface area contributed by atoms with E-state index in [0.29, 0.717) is 19.0 Å². The summed E-state index contributed by atoms with van der Waals surface area (Å²) >= 11 is 0. The molecule has 0 heterocycles. The first-order valence-corrected chi connectivity index (χ1v) is 15.9. The first kappa shape index (κ1) is 35.8. The fourth-order valence-electron chi connectivity index (χ4n) is 4.35. The Hall–Kier alpha value is -3.44. The van der Waals surface area contributed by atoms with Gasteiger partial charge in [-0.1, -0.05) is 44.5 Å². The Balaban J connectivity index is 2.33. The van der Waals surface area contributed by atoms with E-state index in [0.717, 1.165) is 29.7 Å². The summed E-state index contributed by atoms with van der Waals surface area (Å²) in [4.78, 5) is 26.5. The second-order valence-electron chi connectivity index (χ2n) is 10.4. The van der Waals surface area contributed by atoms with Gasteiger partial charge in [0.25, 0.3) is 5.91 Å². The predicted molar refractivity (Wildman–Crippen MR) is 157 cm³/mol. The van der Waals surface area contributed by atoms with E-state index >= 15 is 0 Å². The third-order valence-electron chi connectivity index (χ3n) is 6.71. The Labute approximate surface area is 251 Å². The molecule has 0 saturated heterocycles. The number of aliphatic hydroxyl groups excluding tert-OH is 1. The first-order valence-electron chi connectivity index (χ1n) is 14.1. The number of unbranched alkanes of at least 4 members (excludes halogenated alkanes) is 1. The highest BCUT2D eigenvalue weighted by Gasteiger charge is 2.48.